The predicted octanol–water partition coefficient (Wildman–Crippen LogP) is 0.764. The Morgan fingerprint density at radius 3 is 2.76 bits per heavy atom. The minimum atomic E-state index is -0.815. The maximum absolute atomic E-state index is 11.3. The van der Waals surface area contributed by atoms with E-state index in [2.05, 4.69) is 4.90 Å². The Labute approximate surface area is 123 Å². The van der Waals surface area contributed by atoms with Crippen LogP contribution in [0, 0.1) is 0 Å². The average Bonchev–Trinajstić information content (AvgIpc) is 3.09. The van der Waals surface area contributed by atoms with Crippen LogP contribution in [0.5, 0.6) is 0 Å². The van der Waals surface area contributed by atoms with Crippen LogP contribution in [0.1, 0.15) is 25.0 Å². The molecule has 1 aromatic rings. The lowest BCUT2D eigenvalue weighted by atomic mass is 10.0. The molecule has 2 aliphatic rings. The maximum Gasteiger partial charge on any atom is 0.321 e. The van der Waals surface area contributed by atoms with Crippen molar-refractivity contribution in [2.24, 2.45) is 0 Å². The highest BCUT2D eigenvalue weighted by Crippen LogP contribution is 2.27. The minimum Gasteiger partial charge on any atom is -0.480 e. The van der Waals surface area contributed by atoms with E-state index in [0.717, 1.165) is 38.2 Å². The Balaban J connectivity index is 1.54. The Kier molecular flexibility index (Phi) is 4.28. The molecule has 2 aliphatic heterocycles. The van der Waals surface area contributed by atoms with Gasteiger partial charge in [-0.05, 0) is 25.0 Å². The Hall–Kier alpha value is -1.37. The van der Waals surface area contributed by atoms with Gasteiger partial charge in [-0.2, -0.15) is 0 Å². The van der Waals surface area contributed by atoms with Gasteiger partial charge in [-0.1, -0.05) is 0 Å². The molecule has 0 saturated carbocycles. The van der Waals surface area contributed by atoms with E-state index in [1.54, 1.807) is 6.26 Å². The lowest BCUT2D eigenvalue weighted by Gasteiger charge is -2.38. The first kappa shape index (κ1) is 14.6. The molecular weight excluding hydrogens is 272 g/mol. The highest BCUT2D eigenvalue weighted by Gasteiger charge is 2.40. The molecule has 2 atom stereocenters. The molecule has 2 N–H and O–H groups in total. The quantitative estimate of drug-likeness (QED) is 0.854. The SMILES string of the molecule is O=C(O)[C@@H]1C[C@@H](O)CN1C1CCN(Cc2ccco2)CC1. The van der Waals surface area contributed by atoms with Crippen molar-refractivity contribution in [3.05, 3.63) is 24.2 Å². The number of likely N-dealkylation sites (tertiary alicyclic amines) is 2. The van der Waals surface area contributed by atoms with Crippen molar-refractivity contribution in [2.75, 3.05) is 19.6 Å². The number of furan rings is 1. The summed E-state index contributed by atoms with van der Waals surface area (Å²) < 4.78 is 5.36. The van der Waals surface area contributed by atoms with Crippen LogP contribution in [-0.4, -0.2) is 63.8 Å². The largest absolute Gasteiger partial charge is 0.480 e. The number of aliphatic hydroxyl groups excluding tert-OH is 1. The molecule has 3 rings (SSSR count). The summed E-state index contributed by atoms with van der Waals surface area (Å²) in [6.45, 7) is 3.17. The van der Waals surface area contributed by atoms with Gasteiger partial charge in [0.25, 0.3) is 0 Å². The first-order valence-corrected chi connectivity index (χ1v) is 7.55. The molecule has 0 spiro atoms. The van der Waals surface area contributed by atoms with Crippen LogP contribution >= 0.6 is 0 Å². The van der Waals surface area contributed by atoms with Crippen molar-refractivity contribution in [3.8, 4) is 0 Å². The second-order valence-corrected chi connectivity index (χ2v) is 6.03. The van der Waals surface area contributed by atoms with Gasteiger partial charge in [-0.25, -0.2) is 0 Å². The molecule has 116 valence electrons. The number of carboxylic acid groups (broad SMARTS) is 1. The maximum atomic E-state index is 11.3. The highest BCUT2D eigenvalue weighted by molar-refractivity contribution is 5.74. The summed E-state index contributed by atoms with van der Waals surface area (Å²) in [6, 6.07) is 3.60. The van der Waals surface area contributed by atoms with Crippen LogP contribution in [0.3, 0.4) is 0 Å². The number of β-amino-alcohol motifs (C(OH)–C–C–N with tert-alkyl or cyclic N) is 1. The zero-order valence-electron chi connectivity index (χ0n) is 12.0. The molecule has 0 bridgehead atoms. The van der Waals surface area contributed by atoms with Crippen LogP contribution < -0.4 is 0 Å². The minimum absolute atomic E-state index is 0.260. The topological polar surface area (TPSA) is 77.2 Å². The van der Waals surface area contributed by atoms with E-state index in [-0.39, 0.29) is 6.04 Å². The fourth-order valence-electron chi connectivity index (χ4n) is 3.52. The van der Waals surface area contributed by atoms with E-state index >= 15 is 0 Å². The zero-order chi connectivity index (χ0) is 14.8. The Morgan fingerprint density at radius 2 is 2.14 bits per heavy atom. The van der Waals surface area contributed by atoms with Crippen LogP contribution in [0.15, 0.2) is 22.8 Å². The van der Waals surface area contributed by atoms with Gasteiger partial charge in [0.2, 0.25) is 0 Å². The number of hydrogen-bond donors (Lipinski definition) is 2. The van der Waals surface area contributed by atoms with Crippen LogP contribution in [0.2, 0.25) is 0 Å². The van der Waals surface area contributed by atoms with Gasteiger partial charge in [0.1, 0.15) is 11.8 Å². The normalized spacial score (nSPS) is 29.0. The number of rotatable bonds is 4. The molecule has 6 nitrogen and oxygen atoms in total. The van der Waals surface area contributed by atoms with Gasteiger partial charge < -0.3 is 14.6 Å². The molecule has 0 unspecified atom stereocenters. The van der Waals surface area contributed by atoms with E-state index in [1.165, 1.54) is 0 Å². The highest BCUT2D eigenvalue weighted by atomic mass is 16.4. The first-order chi connectivity index (χ1) is 10.1. The molecule has 0 aromatic carbocycles. The molecule has 3 heterocycles. The van der Waals surface area contributed by atoms with Crippen molar-refractivity contribution in [1.29, 1.82) is 0 Å². The second-order valence-electron chi connectivity index (χ2n) is 6.03. The van der Waals surface area contributed by atoms with Gasteiger partial charge in [-0.3, -0.25) is 14.6 Å². The molecule has 0 amide bonds. The van der Waals surface area contributed by atoms with Gasteiger partial charge >= 0.3 is 5.97 Å². The average molecular weight is 294 g/mol. The fourth-order valence-corrected chi connectivity index (χ4v) is 3.52. The number of carbonyl (C=O) groups is 1. The van der Waals surface area contributed by atoms with Crippen molar-refractivity contribution < 1.29 is 19.4 Å². The van der Waals surface area contributed by atoms with Gasteiger partial charge in [0, 0.05) is 32.1 Å². The van der Waals surface area contributed by atoms with E-state index in [0.29, 0.717) is 13.0 Å². The smallest absolute Gasteiger partial charge is 0.321 e. The van der Waals surface area contributed by atoms with E-state index in [4.69, 9.17) is 4.42 Å². The molecule has 6 heteroatoms. The molecule has 0 radical (unpaired) electrons. The number of nitrogens with zero attached hydrogens (tertiary/aromatic N) is 2. The number of piperidine rings is 1. The standard InChI is InChI=1S/C15H22N2O4/c18-12-8-14(15(19)20)17(9-12)11-3-5-16(6-4-11)10-13-2-1-7-21-13/h1-2,7,11-12,14,18H,3-6,8-10H2,(H,19,20)/t12-,14+/m1/s1. The van der Waals surface area contributed by atoms with Gasteiger partial charge in [-0.15, -0.1) is 0 Å². The second kappa shape index (κ2) is 6.17. The summed E-state index contributed by atoms with van der Waals surface area (Å²) in [6.07, 6.45) is 3.41. The Morgan fingerprint density at radius 1 is 1.38 bits per heavy atom. The summed E-state index contributed by atoms with van der Waals surface area (Å²) in [7, 11) is 0. The lowest BCUT2D eigenvalue weighted by molar-refractivity contribution is -0.143. The third kappa shape index (κ3) is 3.28. The summed E-state index contributed by atoms with van der Waals surface area (Å²) >= 11 is 0. The summed E-state index contributed by atoms with van der Waals surface area (Å²) in [4.78, 5) is 15.6. The van der Waals surface area contributed by atoms with E-state index in [1.807, 2.05) is 17.0 Å². The van der Waals surface area contributed by atoms with Crippen molar-refractivity contribution in [1.82, 2.24) is 9.80 Å². The van der Waals surface area contributed by atoms with Crippen LogP contribution in [0.4, 0.5) is 0 Å². The van der Waals surface area contributed by atoms with Gasteiger partial charge in [0.15, 0.2) is 0 Å². The number of hydrogen-bond acceptors (Lipinski definition) is 5. The first-order valence-electron chi connectivity index (χ1n) is 7.55. The third-order valence-corrected chi connectivity index (χ3v) is 4.59. The monoisotopic (exact) mass is 294 g/mol. The van der Waals surface area contributed by atoms with Crippen LogP contribution in [-0.2, 0) is 11.3 Å². The third-order valence-electron chi connectivity index (χ3n) is 4.59. The number of aliphatic hydroxyl groups is 1. The summed E-state index contributed by atoms with van der Waals surface area (Å²) in [5.74, 6) is 0.151. The summed E-state index contributed by atoms with van der Waals surface area (Å²) in [5, 5.41) is 19.0. The van der Waals surface area contributed by atoms with E-state index < -0.39 is 18.1 Å². The van der Waals surface area contributed by atoms with Crippen molar-refractivity contribution in [2.45, 2.75) is 44.0 Å². The molecule has 0 aliphatic carbocycles. The lowest BCUT2D eigenvalue weighted by Crippen LogP contribution is -2.48. The van der Waals surface area contributed by atoms with Gasteiger partial charge in [0.05, 0.1) is 18.9 Å². The molecule has 2 fully saturated rings. The molecule has 2 saturated heterocycles. The Bertz CT molecular complexity index is 468. The predicted molar refractivity (Wildman–Crippen MR) is 75.8 cm³/mol. The fraction of sp³-hybridized carbons (Fsp3) is 0.667. The van der Waals surface area contributed by atoms with Crippen LogP contribution in [0.25, 0.3) is 0 Å². The summed E-state index contributed by atoms with van der Waals surface area (Å²) in [5.41, 5.74) is 0. The number of aliphatic carboxylic acids is 1. The molecular formula is C15H22N2O4. The molecule has 1 aromatic heterocycles. The van der Waals surface area contributed by atoms with Crippen molar-refractivity contribution >= 4 is 5.97 Å². The van der Waals surface area contributed by atoms with Crippen molar-refractivity contribution in [3.63, 3.8) is 0 Å². The zero-order valence-corrected chi connectivity index (χ0v) is 12.0. The molecule has 21 heavy (non-hydrogen) atoms. The number of carboxylic acids is 1. The van der Waals surface area contributed by atoms with E-state index in [9.17, 15) is 15.0 Å².